The normalized spacial score (nSPS) is 15.4. The summed E-state index contributed by atoms with van der Waals surface area (Å²) < 4.78 is 0. The number of nitrogens with one attached hydrogen (secondary N) is 2. The average molecular weight is 424 g/mol. The molecule has 0 unspecified atom stereocenters. The zero-order valence-corrected chi connectivity index (χ0v) is 18.6. The van der Waals surface area contributed by atoms with Crippen LogP contribution in [0.2, 0.25) is 0 Å². The van der Waals surface area contributed by atoms with Crippen LogP contribution in [0.3, 0.4) is 0 Å². The van der Waals surface area contributed by atoms with Gasteiger partial charge in [0.05, 0.1) is 0 Å². The van der Waals surface area contributed by atoms with E-state index in [0.29, 0.717) is 17.0 Å². The van der Waals surface area contributed by atoms with E-state index in [4.69, 9.17) is 12.2 Å². The molecule has 3 rings (SSSR count). The molecule has 1 aliphatic heterocycles. The number of aryl methyl sites for hydroxylation is 2. The second-order valence-electron chi connectivity index (χ2n) is 7.19. The number of nitrogens with zero attached hydrogens (tertiary/aromatic N) is 5. The number of hydrogen-bond acceptors (Lipinski definition) is 4. The number of thiocarbonyl (C=S) groups is 1. The predicted molar refractivity (Wildman–Crippen MR) is 128 cm³/mol. The maximum Gasteiger partial charge on any atom is 0.229 e. The van der Waals surface area contributed by atoms with Crippen molar-refractivity contribution in [2.45, 2.75) is 13.8 Å². The summed E-state index contributed by atoms with van der Waals surface area (Å²) >= 11 is 5.27. The zero-order valence-electron chi connectivity index (χ0n) is 17.8. The van der Waals surface area contributed by atoms with E-state index in [-0.39, 0.29) is 0 Å². The summed E-state index contributed by atoms with van der Waals surface area (Å²) in [4.78, 5) is 18.1. The lowest BCUT2D eigenvalue weighted by Crippen LogP contribution is -2.51. The molecular weight excluding hydrogens is 394 g/mol. The van der Waals surface area contributed by atoms with Crippen molar-refractivity contribution in [2.75, 3.05) is 45.1 Å². The Balaban J connectivity index is 1.61. The SMILES string of the molecule is CNC(=S)/N=C(/Nc1nc(C)cc(C)n1)N1CCN(C/C=C/c2ccccc2)CC1. The first-order chi connectivity index (χ1) is 14.5. The first kappa shape index (κ1) is 21.9. The summed E-state index contributed by atoms with van der Waals surface area (Å²) in [6.07, 6.45) is 4.39. The Morgan fingerprint density at radius 2 is 1.77 bits per heavy atom. The van der Waals surface area contributed by atoms with Crippen LogP contribution in [0.4, 0.5) is 5.95 Å². The topological polar surface area (TPSA) is 68.7 Å². The van der Waals surface area contributed by atoms with E-state index in [2.05, 4.69) is 71.8 Å². The van der Waals surface area contributed by atoms with Crippen molar-refractivity contribution in [2.24, 2.45) is 4.99 Å². The van der Waals surface area contributed by atoms with E-state index >= 15 is 0 Å². The van der Waals surface area contributed by atoms with Crippen LogP contribution in [0.5, 0.6) is 0 Å². The van der Waals surface area contributed by atoms with Gasteiger partial charge in [-0.05, 0) is 37.7 Å². The van der Waals surface area contributed by atoms with Gasteiger partial charge in [-0.15, -0.1) is 0 Å². The Kier molecular flexibility index (Phi) is 7.87. The molecule has 0 saturated carbocycles. The van der Waals surface area contributed by atoms with Crippen molar-refractivity contribution in [3.63, 3.8) is 0 Å². The molecule has 0 aliphatic carbocycles. The summed E-state index contributed by atoms with van der Waals surface area (Å²) in [7, 11) is 1.77. The van der Waals surface area contributed by atoms with Crippen LogP contribution < -0.4 is 10.6 Å². The summed E-state index contributed by atoms with van der Waals surface area (Å²) in [5.41, 5.74) is 3.05. The Morgan fingerprint density at radius 3 is 2.40 bits per heavy atom. The van der Waals surface area contributed by atoms with E-state index in [1.807, 2.05) is 26.0 Å². The van der Waals surface area contributed by atoms with Crippen molar-refractivity contribution in [1.82, 2.24) is 25.1 Å². The number of anilines is 1. The Hall–Kier alpha value is -2.84. The van der Waals surface area contributed by atoms with Gasteiger partial charge in [0.2, 0.25) is 11.9 Å². The molecule has 0 amide bonds. The van der Waals surface area contributed by atoms with Gasteiger partial charge in [-0.25, -0.2) is 9.97 Å². The molecule has 0 bridgehead atoms. The predicted octanol–water partition coefficient (Wildman–Crippen LogP) is 2.70. The van der Waals surface area contributed by atoms with E-state index in [0.717, 1.165) is 44.1 Å². The minimum Gasteiger partial charge on any atom is -0.364 e. The molecule has 8 heteroatoms. The fourth-order valence-electron chi connectivity index (χ4n) is 3.26. The number of aliphatic imine (C=N–C) groups is 1. The Bertz CT molecular complexity index is 883. The van der Waals surface area contributed by atoms with Crippen LogP contribution in [-0.2, 0) is 0 Å². The van der Waals surface area contributed by atoms with Crippen molar-refractivity contribution < 1.29 is 0 Å². The van der Waals surface area contributed by atoms with E-state index in [1.165, 1.54) is 5.56 Å². The molecule has 1 aliphatic rings. The van der Waals surface area contributed by atoms with E-state index in [9.17, 15) is 0 Å². The zero-order chi connectivity index (χ0) is 21.3. The largest absolute Gasteiger partial charge is 0.364 e. The third-order valence-electron chi connectivity index (χ3n) is 4.77. The second-order valence-corrected chi connectivity index (χ2v) is 7.58. The molecule has 2 aromatic rings. The Morgan fingerprint density at radius 1 is 1.10 bits per heavy atom. The molecule has 1 fully saturated rings. The lowest BCUT2D eigenvalue weighted by Gasteiger charge is -2.35. The van der Waals surface area contributed by atoms with Crippen LogP contribution in [0.25, 0.3) is 6.08 Å². The van der Waals surface area contributed by atoms with Gasteiger partial charge >= 0.3 is 0 Å². The van der Waals surface area contributed by atoms with Gasteiger partial charge in [0.1, 0.15) is 0 Å². The summed E-state index contributed by atoms with van der Waals surface area (Å²) in [5, 5.41) is 6.61. The third-order valence-corrected chi connectivity index (χ3v) is 5.07. The molecule has 0 spiro atoms. The molecule has 7 nitrogen and oxygen atoms in total. The van der Waals surface area contributed by atoms with Crippen LogP contribution in [0, 0.1) is 13.8 Å². The molecule has 30 heavy (non-hydrogen) atoms. The highest BCUT2D eigenvalue weighted by Crippen LogP contribution is 2.09. The fourth-order valence-corrected chi connectivity index (χ4v) is 3.34. The van der Waals surface area contributed by atoms with Gasteiger partial charge in [0.15, 0.2) is 5.11 Å². The number of guanidine groups is 1. The number of benzene rings is 1. The number of rotatable bonds is 4. The van der Waals surface area contributed by atoms with E-state index in [1.54, 1.807) is 7.05 Å². The van der Waals surface area contributed by atoms with Crippen molar-refractivity contribution in [1.29, 1.82) is 0 Å². The first-order valence-electron chi connectivity index (χ1n) is 10.1. The molecule has 1 saturated heterocycles. The summed E-state index contributed by atoms with van der Waals surface area (Å²) in [6, 6.07) is 12.3. The van der Waals surface area contributed by atoms with Gasteiger partial charge in [-0.1, -0.05) is 42.5 Å². The molecule has 0 radical (unpaired) electrons. The second kappa shape index (κ2) is 10.8. The highest BCUT2D eigenvalue weighted by Gasteiger charge is 2.20. The minimum atomic E-state index is 0.426. The van der Waals surface area contributed by atoms with Crippen LogP contribution >= 0.6 is 12.2 Å². The monoisotopic (exact) mass is 423 g/mol. The number of piperazine rings is 1. The first-order valence-corrected chi connectivity index (χ1v) is 10.5. The van der Waals surface area contributed by atoms with Crippen molar-refractivity contribution in [3.8, 4) is 0 Å². The smallest absolute Gasteiger partial charge is 0.229 e. The quantitative estimate of drug-likeness (QED) is 0.445. The average Bonchev–Trinajstić information content (AvgIpc) is 2.74. The molecule has 0 atom stereocenters. The molecule has 1 aromatic heterocycles. The molecule has 2 N–H and O–H groups in total. The van der Waals surface area contributed by atoms with Crippen LogP contribution in [-0.4, -0.2) is 70.6 Å². The highest BCUT2D eigenvalue weighted by molar-refractivity contribution is 7.80. The van der Waals surface area contributed by atoms with Crippen molar-refractivity contribution >= 4 is 35.3 Å². The molecule has 1 aromatic carbocycles. The Labute approximate surface area is 183 Å². The van der Waals surface area contributed by atoms with Gasteiger partial charge in [-0.2, -0.15) is 4.99 Å². The van der Waals surface area contributed by atoms with Gasteiger partial charge in [0.25, 0.3) is 0 Å². The van der Waals surface area contributed by atoms with Crippen LogP contribution in [0.1, 0.15) is 17.0 Å². The standard InChI is InChI=1S/C22H29N7S/c1-17-16-18(2)25-20(24-17)26-21(27-22(30)23-3)29-14-12-28(13-15-29)11-7-10-19-8-5-4-6-9-19/h4-10,16H,11-15H2,1-3H3,(H2,23,24,25,26,27,30)/b10-7+. The van der Waals surface area contributed by atoms with Crippen LogP contribution in [0.15, 0.2) is 47.5 Å². The molecule has 158 valence electrons. The molecular formula is C22H29N7S. The van der Waals surface area contributed by atoms with Gasteiger partial charge < -0.3 is 10.2 Å². The third kappa shape index (κ3) is 6.60. The summed E-state index contributed by atoms with van der Waals surface area (Å²) in [6.45, 7) is 8.43. The number of hydrogen-bond donors (Lipinski definition) is 2. The maximum absolute atomic E-state index is 5.27. The lowest BCUT2D eigenvalue weighted by molar-refractivity contribution is 0.198. The highest BCUT2D eigenvalue weighted by atomic mass is 32.1. The lowest BCUT2D eigenvalue weighted by atomic mass is 10.2. The van der Waals surface area contributed by atoms with Gasteiger partial charge in [-0.3, -0.25) is 10.2 Å². The van der Waals surface area contributed by atoms with Gasteiger partial charge in [0, 0.05) is 51.2 Å². The molecule has 2 heterocycles. The van der Waals surface area contributed by atoms with Crippen molar-refractivity contribution in [3.05, 3.63) is 59.4 Å². The maximum atomic E-state index is 5.27. The minimum absolute atomic E-state index is 0.426. The van der Waals surface area contributed by atoms with E-state index < -0.39 is 0 Å². The number of aromatic nitrogens is 2. The summed E-state index contributed by atoms with van der Waals surface area (Å²) in [5.74, 6) is 1.22. The fraction of sp³-hybridized carbons (Fsp3) is 0.364.